The van der Waals surface area contributed by atoms with Crippen molar-refractivity contribution >= 4 is 17.9 Å². The molecule has 8 heteroatoms. The SMILES string of the molecule is CCN1CC[C@@H](c2ccc(F)cc2)N2C(=O)/C(=C/c3ccc(-n4cnc(C)c4)c(OC)c3)N=C12. The van der Waals surface area contributed by atoms with E-state index in [0.29, 0.717) is 17.4 Å². The molecule has 1 saturated heterocycles. The minimum Gasteiger partial charge on any atom is -0.495 e. The van der Waals surface area contributed by atoms with Crippen LogP contribution in [0.4, 0.5) is 4.39 Å². The predicted molar refractivity (Wildman–Crippen MR) is 128 cm³/mol. The number of imidazole rings is 1. The lowest BCUT2D eigenvalue weighted by atomic mass is 9.99. The van der Waals surface area contributed by atoms with Crippen LogP contribution >= 0.6 is 0 Å². The smallest absolute Gasteiger partial charge is 0.279 e. The van der Waals surface area contributed by atoms with E-state index in [2.05, 4.69) is 9.88 Å². The topological polar surface area (TPSA) is 63.0 Å². The fourth-order valence-electron chi connectivity index (χ4n) is 4.54. The van der Waals surface area contributed by atoms with Gasteiger partial charge in [0.15, 0.2) is 0 Å². The summed E-state index contributed by atoms with van der Waals surface area (Å²) < 4.78 is 21.0. The third-order valence-electron chi connectivity index (χ3n) is 6.27. The fourth-order valence-corrected chi connectivity index (χ4v) is 4.54. The summed E-state index contributed by atoms with van der Waals surface area (Å²) in [4.78, 5) is 26.3. The van der Waals surface area contributed by atoms with Crippen LogP contribution in [0.2, 0.25) is 0 Å². The van der Waals surface area contributed by atoms with Gasteiger partial charge in [-0.3, -0.25) is 9.69 Å². The van der Waals surface area contributed by atoms with Crippen molar-refractivity contribution in [3.63, 3.8) is 0 Å². The maximum atomic E-state index is 13.5. The van der Waals surface area contributed by atoms with Crippen LogP contribution in [0.1, 0.15) is 36.2 Å². The molecule has 34 heavy (non-hydrogen) atoms. The number of aliphatic imine (C=N–C) groups is 1. The van der Waals surface area contributed by atoms with Crippen molar-refractivity contribution in [3.05, 3.63) is 83.3 Å². The van der Waals surface area contributed by atoms with E-state index < -0.39 is 0 Å². The highest BCUT2D eigenvalue weighted by molar-refractivity contribution is 6.14. The van der Waals surface area contributed by atoms with E-state index in [9.17, 15) is 9.18 Å². The van der Waals surface area contributed by atoms with Gasteiger partial charge in [-0.15, -0.1) is 0 Å². The molecule has 1 atom stereocenters. The molecule has 2 aromatic carbocycles. The van der Waals surface area contributed by atoms with Gasteiger partial charge >= 0.3 is 0 Å². The monoisotopic (exact) mass is 459 g/mol. The number of halogens is 1. The number of hydrogen-bond donors (Lipinski definition) is 0. The maximum Gasteiger partial charge on any atom is 0.279 e. The molecule has 1 amide bonds. The number of amides is 1. The van der Waals surface area contributed by atoms with Crippen LogP contribution < -0.4 is 4.74 Å². The Hall–Kier alpha value is -3.94. The Balaban J connectivity index is 1.50. The van der Waals surface area contributed by atoms with Crippen LogP contribution in [-0.2, 0) is 4.79 Å². The van der Waals surface area contributed by atoms with Crippen molar-refractivity contribution in [2.75, 3.05) is 20.2 Å². The number of ether oxygens (including phenoxy) is 1. The van der Waals surface area contributed by atoms with E-state index in [1.54, 1.807) is 36.5 Å². The predicted octanol–water partition coefficient (Wildman–Crippen LogP) is 4.33. The van der Waals surface area contributed by atoms with Crippen molar-refractivity contribution in [1.29, 1.82) is 0 Å². The number of carbonyl (C=O) groups excluding carboxylic acids is 1. The molecule has 1 aromatic heterocycles. The minimum atomic E-state index is -0.291. The van der Waals surface area contributed by atoms with E-state index in [0.717, 1.165) is 42.0 Å². The fraction of sp³-hybridized carbons (Fsp3) is 0.269. The van der Waals surface area contributed by atoms with Crippen LogP contribution in [-0.4, -0.2) is 51.4 Å². The number of benzene rings is 2. The second kappa shape index (κ2) is 8.78. The number of aryl methyl sites for hydroxylation is 1. The molecule has 3 heterocycles. The minimum absolute atomic E-state index is 0.157. The Morgan fingerprint density at radius 3 is 2.68 bits per heavy atom. The molecule has 0 unspecified atom stereocenters. The molecule has 7 nitrogen and oxygen atoms in total. The first-order valence-corrected chi connectivity index (χ1v) is 11.3. The largest absolute Gasteiger partial charge is 0.495 e. The van der Waals surface area contributed by atoms with Gasteiger partial charge in [-0.2, -0.15) is 0 Å². The lowest BCUT2D eigenvalue weighted by Crippen LogP contribution is -2.51. The van der Waals surface area contributed by atoms with E-state index in [-0.39, 0.29) is 17.8 Å². The second-order valence-electron chi connectivity index (χ2n) is 8.41. The molecule has 0 saturated carbocycles. The summed E-state index contributed by atoms with van der Waals surface area (Å²) in [5.74, 6) is 0.870. The summed E-state index contributed by atoms with van der Waals surface area (Å²) in [6, 6.07) is 11.9. The molecule has 0 N–H and O–H groups in total. The zero-order valence-corrected chi connectivity index (χ0v) is 19.4. The third-order valence-corrected chi connectivity index (χ3v) is 6.27. The van der Waals surface area contributed by atoms with Crippen molar-refractivity contribution in [3.8, 4) is 11.4 Å². The Kier molecular flexibility index (Phi) is 5.65. The number of methoxy groups -OCH3 is 1. The third kappa shape index (κ3) is 3.85. The molecule has 5 rings (SSSR count). The van der Waals surface area contributed by atoms with Crippen molar-refractivity contribution in [1.82, 2.24) is 19.4 Å². The van der Waals surface area contributed by atoms with Crippen LogP contribution in [0.5, 0.6) is 5.75 Å². The Morgan fingerprint density at radius 2 is 2.00 bits per heavy atom. The first kappa shape index (κ1) is 21.9. The number of fused-ring (bicyclic) bond motifs is 1. The number of guanidine groups is 1. The summed E-state index contributed by atoms with van der Waals surface area (Å²) in [7, 11) is 1.62. The molecule has 1 fully saturated rings. The van der Waals surface area contributed by atoms with Crippen molar-refractivity contribution in [2.24, 2.45) is 4.99 Å². The van der Waals surface area contributed by atoms with Gasteiger partial charge < -0.3 is 14.2 Å². The van der Waals surface area contributed by atoms with Crippen LogP contribution in [0.3, 0.4) is 0 Å². The molecule has 0 bridgehead atoms. The lowest BCUT2D eigenvalue weighted by Gasteiger charge is -2.40. The van der Waals surface area contributed by atoms with E-state index in [4.69, 9.17) is 9.73 Å². The van der Waals surface area contributed by atoms with Crippen molar-refractivity contribution < 1.29 is 13.9 Å². The number of hydrogen-bond acceptors (Lipinski definition) is 5. The first-order chi connectivity index (χ1) is 16.5. The number of nitrogens with zero attached hydrogens (tertiary/aromatic N) is 5. The van der Waals surface area contributed by atoms with Crippen molar-refractivity contribution in [2.45, 2.75) is 26.3 Å². The number of rotatable bonds is 5. The highest BCUT2D eigenvalue weighted by atomic mass is 19.1. The molecule has 0 aliphatic carbocycles. The molecule has 0 radical (unpaired) electrons. The summed E-state index contributed by atoms with van der Waals surface area (Å²) >= 11 is 0. The van der Waals surface area contributed by atoms with Gasteiger partial charge in [0, 0.05) is 19.3 Å². The van der Waals surface area contributed by atoms with Gasteiger partial charge in [0.05, 0.1) is 30.9 Å². The summed E-state index contributed by atoms with van der Waals surface area (Å²) in [6.45, 7) is 5.51. The van der Waals surface area contributed by atoms with Gasteiger partial charge in [-0.25, -0.2) is 14.4 Å². The van der Waals surface area contributed by atoms with Gasteiger partial charge in [-0.1, -0.05) is 18.2 Å². The van der Waals surface area contributed by atoms with Gasteiger partial charge in [0.1, 0.15) is 17.3 Å². The molecular formula is C26H26FN5O2. The zero-order valence-electron chi connectivity index (χ0n) is 19.4. The quantitative estimate of drug-likeness (QED) is 0.533. The van der Waals surface area contributed by atoms with E-state index in [1.165, 1.54) is 12.1 Å². The lowest BCUT2D eigenvalue weighted by molar-refractivity contribution is -0.125. The number of aromatic nitrogens is 2. The molecular weight excluding hydrogens is 433 g/mol. The molecule has 2 aliphatic rings. The normalized spacial score (nSPS) is 18.9. The van der Waals surface area contributed by atoms with Crippen LogP contribution in [0, 0.1) is 12.7 Å². The highest BCUT2D eigenvalue weighted by Gasteiger charge is 2.42. The maximum absolute atomic E-state index is 13.5. The molecule has 174 valence electrons. The van der Waals surface area contributed by atoms with E-state index >= 15 is 0 Å². The molecule has 0 spiro atoms. The van der Waals surface area contributed by atoms with E-state index in [1.807, 2.05) is 42.8 Å². The summed E-state index contributed by atoms with van der Waals surface area (Å²) in [5, 5.41) is 0. The summed E-state index contributed by atoms with van der Waals surface area (Å²) in [5.41, 5.74) is 3.86. The highest BCUT2D eigenvalue weighted by Crippen LogP contribution is 2.36. The molecule has 3 aromatic rings. The van der Waals surface area contributed by atoms with Gasteiger partial charge in [0.2, 0.25) is 5.96 Å². The average Bonchev–Trinajstić information content (AvgIpc) is 3.42. The Bertz CT molecular complexity index is 1290. The Labute approximate surface area is 197 Å². The average molecular weight is 460 g/mol. The standard InChI is InChI=1S/C26H26FN5O2/c1-4-30-12-11-22(19-6-8-20(27)9-7-19)32-25(33)21(29-26(30)32)13-18-5-10-23(24(14-18)34-3)31-15-17(2)28-16-31/h5-10,13-16,22H,4,11-12H2,1-3H3/b21-13-/t22-/m0/s1. The first-order valence-electron chi connectivity index (χ1n) is 11.3. The Morgan fingerprint density at radius 1 is 1.21 bits per heavy atom. The van der Waals surface area contributed by atoms with Gasteiger partial charge in [-0.05, 0) is 61.7 Å². The van der Waals surface area contributed by atoms with Crippen LogP contribution in [0.25, 0.3) is 11.8 Å². The second-order valence-corrected chi connectivity index (χ2v) is 8.41. The van der Waals surface area contributed by atoms with Crippen LogP contribution in [0.15, 0.2) is 65.7 Å². The number of carbonyl (C=O) groups is 1. The summed E-state index contributed by atoms with van der Waals surface area (Å²) in [6.07, 6.45) is 6.21. The van der Waals surface area contributed by atoms with Gasteiger partial charge in [0.25, 0.3) is 5.91 Å². The zero-order chi connectivity index (χ0) is 23.8. The molecule has 2 aliphatic heterocycles.